The average molecular weight is 1080 g/mol. The Morgan fingerprint density at radius 3 is 1.58 bits per heavy atom. The molecule has 23 heteroatoms. The number of hydrogen-bond donors (Lipinski definition) is 2. The van der Waals surface area contributed by atoms with E-state index in [2.05, 4.69) is 57.6 Å². The van der Waals surface area contributed by atoms with Crippen LogP contribution < -0.4 is 9.47 Å². The highest BCUT2D eigenvalue weighted by Crippen LogP contribution is 2.43. The van der Waals surface area contributed by atoms with Crippen LogP contribution in [0, 0.1) is 69.4 Å². The molecule has 0 spiro atoms. The lowest BCUT2D eigenvalue weighted by molar-refractivity contribution is -0.147. The molecule has 5 aromatic rings. The van der Waals surface area contributed by atoms with Crippen molar-refractivity contribution >= 4 is 58.7 Å². The van der Waals surface area contributed by atoms with Crippen LogP contribution in [0.4, 0.5) is 21.0 Å². The molecule has 0 radical (unpaired) electrons. The fourth-order valence-electron chi connectivity index (χ4n) is 11.2. The van der Waals surface area contributed by atoms with Crippen LogP contribution in [0.2, 0.25) is 0 Å². The molecule has 4 aromatic heterocycles. The van der Waals surface area contributed by atoms with Crippen LogP contribution in [-0.4, -0.2) is 140 Å². The highest BCUT2D eigenvalue weighted by atomic mass is 16.6. The highest BCUT2D eigenvalue weighted by molar-refractivity contribution is 6.06. The maximum absolute atomic E-state index is 13.9. The number of morpholine rings is 1. The van der Waals surface area contributed by atoms with Crippen molar-refractivity contribution in [2.75, 3.05) is 52.6 Å². The van der Waals surface area contributed by atoms with E-state index in [0.29, 0.717) is 55.4 Å². The molecule has 1 saturated heterocycles. The molecule has 23 nitrogen and oxygen atoms in total. The maximum atomic E-state index is 13.9. The Kier molecular flexibility index (Phi) is 18.5. The third-order valence-corrected chi connectivity index (χ3v) is 14.2. The highest BCUT2D eigenvalue weighted by Gasteiger charge is 2.40. The lowest BCUT2D eigenvalue weighted by atomic mass is 9.75. The summed E-state index contributed by atoms with van der Waals surface area (Å²) in [6.45, 7) is 37.6. The fourth-order valence-corrected chi connectivity index (χ4v) is 11.2. The molecular weight excluding hydrogens is 1010 g/mol. The van der Waals surface area contributed by atoms with Crippen molar-refractivity contribution < 1.29 is 61.9 Å². The third kappa shape index (κ3) is 12.9. The van der Waals surface area contributed by atoms with Crippen LogP contribution in [-0.2, 0) is 33.3 Å². The van der Waals surface area contributed by atoms with Gasteiger partial charge in [0.1, 0.15) is 42.2 Å². The SMILES string of the molecule is [C-]#[N+]c1c(C(=O)OC2C(C)CC(C)CC2C)c2nc(-c3cc(C)cc(C)c3)[nH]n2c1OC(=O)N(CC(=O)OCC)CC(=O)OCC.[C-]#[N+]c1c(C(=O)OC2C(C)CC(C)CC2C)c2nc(C)[nH]n2c1OC(=O)N1CCOCC1. The van der Waals surface area contributed by atoms with Gasteiger partial charge in [0, 0.05) is 18.7 Å². The number of benzene rings is 1. The standard InChI is InChI=1S/C33H41N5O8.C22H29N5O5/c1-9-43-24(39)16-37(17-25(40)44-10-2)33(42)46-31-27(34-8)26(32(41)45-28-21(6)12-20(5)13-22(28)7)30-35-29(36-38(30)31)23-14-18(3)11-19(4)15-23;1-12-10-13(2)18(14(3)11-12)31-21(28)16-17(23-5)20(27-19(16)24-15(4)25-27)32-22(29)26-6-8-30-9-7-26/h11,14-15,20-22,28H,9-10,12-13,16-17H2,1-7H3,(H,35,36);12-14,18H,6-11H2,1-4H3,(H,24,25). The van der Waals surface area contributed by atoms with Crippen LogP contribution in [0.5, 0.6) is 11.8 Å². The number of nitrogens with zero attached hydrogens (tertiary/aromatic N) is 8. The van der Waals surface area contributed by atoms with E-state index in [1.54, 1.807) is 20.8 Å². The van der Waals surface area contributed by atoms with Crippen molar-refractivity contribution in [2.45, 2.75) is 114 Å². The Balaban J connectivity index is 0.000000241. The minimum atomic E-state index is -1.14. The van der Waals surface area contributed by atoms with E-state index in [4.69, 9.17) is 46.3 Å². The number of carbonyl (C=O) groups excluding carboxylic acids is 6. The second-order valence-electron chi connectivity index (χ2n) is 21.0. The van der Waals surface area contributed by atoms with Crippen LogP contribution in [0.15, 0.2) is 18.2 Å². The molecule has 8 rings (SSSR count). The van der Waals surface area contributed by atoms with Crippen molar-refractivity contribution in [3.8, 4) is 23.1 Å². The predicted octanol–water partition coefficient (Wildman–Crippen LogP) is 9.23. The number of rotatable bonds is 13. The van der Waals surface area contributed by atoms with Crippen LogP contribution >= 0.6 is 0 Å². The molecule has 3 aliphatic rings. The maximum Gasteiger partial charge on any atom is 0.416 e. The van der Waals surface area contributed by atoms with E-state index in [9.17, 15) is 28.8 Å². The number of aromatic nitrogens is 6. The first kappa shape index (κ1) is 57.8. The van der Waals surface area contributed by atoms with Gasteiger partial charge in [0.2, 0.25) is 11.8 Å². The average Bonchev–Trinajstić information content (AvgIpc) is 4.21. The Bertz CT molecular complexity index is 3070. The number of nitrogens with one attached hydrogen (secondary N) is 2. The molecule has 2 N–H and O–H groups in total. The molecular formula is C55H70N10O13. The first-order valence-electron chi connectivity index (χ1n) is 26.5. The van der Waals surface area contributed by atoms with E-state index in [1.165, 1.54) is 13.9 Å². The number of amides is 2. The lowest BCUT2D eigenvalue weighted by Gasteiger charge is -2.37. The molecule has 4 unspecified atom stereocenters. The van der Waals surface area contributed by atoms with Crippen molar-refractivity contribution in [1.82, 2.24) is 39.0 Å². The summed E-state index contributed by atoms with van der Waals surface area (Å²) in [6, 6.07) is 5.80. The normalized spacial score (nSPS) is 22.0. The van der Waals surface area contributed by atoms with Crippen LogP contribution in [0.3, 0.4) is 0 Å². The smallest absolute Gasteiger partial charge is 0.416 e. The number of carbonyl (C=O) groups is 6. The summed E-state index contributed by atoms with van der Waals surface area (Å²) >= 11 is 0. The molecule has 2 aliphatic carbocycles. The van der Waals surface area contributed by atoms with Gasteiger partial charge >= 0.3 is 36.1 Å². The second-order valence-corrected chi connectivity index (χ2v) is 21.0. The van der Waals surface area contributed by atoms with Gasteiger partial charge in [0.15, 0.2) is 17.1 Å². The summed E-state index contributed by atoms with van der Waals surface area (Å²) in [6.07, 6.45) is 1.37. The fraction of sp³-hybridized carbons (Fsp3) is 0.564. The second kappa shape index (κ2) is 25.0. The van der Waals surface area contributed by atoms with E-state index >= 15 is 0 Å². The Labute approximate surface area is 452 Å². The zero-order valence-corrected chi connectivity index (χ0v) is 46.2. The molecule has 78 heavy (non-hydrogen) atoms. The minimum Gasteiger partial charge on any atom is -0.465 e. The molecule has 3 fully saturated rings. The Morgan fingerprint density at radius 2 is 1.12 bits per heavy atom. The van der Waals surface area contributed by atoms with Gasteiger partial charge in [0.05, 0.1) is 39.6 Å². The van der Waals surface area contributed by atoms with Gasteiger partial charge in [-0.2, -0.15) is 0 Å². The van der Waals surface area contributed by atoms with Crippen molar-refractivity contribution in [2.24, 2.45) is 35.5 Å². The largest absolute Gasteiger partial charge is 0.465 e. The summed E-state index contributed by atoms with van der Waals surface area (Å²) < 4.78 is 41.0. The number of ether oxygens (including phenoxy) is 7. The predicted molar refractivity (Wildman–Crippen MR) is 282 cm³/mol. The van der Waals surface area contributed by atoms with E-state index in [0.717, 1.165) is 41.7 Å². The number of aromatic amines is 2. The number of H-pyrrole nitrogens is 2. The first-order chi connectivity index (χ1) is 37.2. The van der Waals surface area contributed by atoms with Crippen molar-refractivity contribution in [3.05, 3.63) is 69.1 Å². The quantitative estimate of drug-likeness (QED) is 0.0633. The summed E-state index contributed by atoms with van der Waals surface area (Å²) in [7, 11) is 0. The molecule has 0 bridgehead atoms. The number of fused-ring (bicyclic) bond motifs is 2. The number of hydrogen-bond acceptors (Lipinski definition) is 15. The molecule has 2 saturated carbocycles. The summed E-state index contributed by atoms with van der Waals surface area (Å²) in [5, 5.41) is 6.00. The topological polar surface area (TPSA) is 248 Å². The van der Waals surface area contributed by atoms with Crippen LogP contribution in [0.1, 0.15) is 119 Å². The zero-order valence-electron chi connectivity index (χ0n) is 46.2. The van der Waals surface area contributed by atoms with Gasteiger partial charge in [-0.05, 0) is 108 Å². The minimum absolute atomic E-state index is 0.0205. The molecule has 418 valence electrons. The number of esters is 4. The van der Waals surface area contributed by atoms with Gasteiger partial charge in [-0.25, -0.2) is 47.9 Å². The van der Waals surface area contributed by atoms with Crippen molar-refractivity contribution in [3.63, 3.8) is 0 Å². The van der Waals surface area contributed by atoms with E-state index in [-0.39, 0.29) is 94.6 Å². The van der Waals surface area contributed by atoms with Gasteiger partial charge in [-0.3, -0.25) is 24.7 Å². The first-order valence-corrected chi connectivity index (χ1v) is 26.5. The Morgan fingerprint density at radius 1 is 0.667 bits per heavy atom. The summed E-state index contributed by atoms with van der Waals surface area (Å²) in [5.74, 6) is -0.779. The van der Waals surface area contributed by atoms with Gasteiger partial charge in [-0.15, -0.1) is 0 Å². The van der Waals surface area contributed by atoms with E-state index < -0.39 is 49.2 Å². The monoisotopic (exact) mass is 1080 g/mol. The summed E-state index contributed by atoms with van der Waals surface area (Å²) in [4.78, 5) is 96.4. The number of aryl methyl sites for hydroxylation is 3. The molecule has 1 aromatic carbocycles. The van der Waals surface area contributed by atoms with Crippen LogP contribution in [0.25, 0.3) is 32.4 Å². The molecule has 5 heterocycles. The van der Waals surface area contributed by atoms with E-state index in [1.807, 2.05) is 45.9 Å². The zero-order chi connectivity index (χ0) is 56.7. The lowest BCUT2D eigenvalue weighted by Crippen LogP contribution is -2.42. The third-order valence-electron chi connectivity index (χ3n) is 14.2. The van der Waals surface area contributed by atoms with Gasteiger partial charge < -0.3 is 38.1 Å². The Hall–Kier alpha value is -7.92. The molecule has 4 atom stereocenters. The molecule has 1 aliphatic heterocycles. The molecule has 2 amide bonds. The van der Waals surface area contributed by atoms with Gasteiger partial charge in [-0.1, -0.05) is 58.7 Å². The van der Waals surface area contributed by atoms with Crippen molar-refractivity contribution in [1.29, 1.82) is 0 Å². The summed E-state index contributed by atoms with van der Waals surface area (Å²) in [5.41, 5.74) is 2.38. The van der Waals surface area contributed by atoms with Gasteiger partial charge in [0.25, 0.3) is 11.4 Å².